The maximum Gasteiger partial charge on any atom is 0.0588 e. The van der Waals surface area contributed by atoms with Gasteiger partial charge in [-0.05, 0) is 32.1 Å². The van der Waals surface area contributed by atoms with Crippen LogP contribution in [0, 0.1) is 0 Å². The minimum Gasteiger partial charge on any atom is -0.378 e. The zero-order valence-electron chi connectivity index (χ0n) is 11.6. The van der Waals surface area contributed by atoms with Crippen molar-refractivity contribution in [3.63, 3.8) is 0 Å². The minimum atomic E-state index is 0.495. The highest BCUT2D eigenvalue weighted by molar-refractivity contribution is 4.98. The lowest BCUT2D eigenvalue weighted by atomic mass is 9.79. The molecule has 1 saturated carbocycles. The third-order valence-corrected chi connectivity index (χ3v) is 5.21. The Bertz CT molecular complexity index is 249. The Hall–Kier alpha value is -0.120. The SMILES string of the molecule is C1CCC2(CC1)CNCCN2CCC1CCCO1. The number of piperazine rings is 1. The van der Waals surface area contributed by atoms with E-state index in [1.807, 2.05) is 0 Å². The van der Waals surface area contributed by atoms with E-state index in [0.717, 1.165) is 6.61 Å². The molecule has 3 aliphatic rings. The van der Waals surface area contributed by atoms with E-state index >= 15 is 0 Å². The summed E-state index contributed by atoms with van der Waals surface area (Å²) >= 11 is 0. The first-order valence-corrected chi connectivity index (χ1v) is 7.96. The summed E-state index contributed by atoms with van der Waals surface area (Å²) in [4.78, 5) is 2.80. The Morgan fingerprint density at radius 3 is 2.83 bits per heavy atom. The first-order valence-electron chi connectivity index (χ1n) is 7.96. The number of rotatable bonds is 3. The molecule has 2 heterocycles. The van der Waals surface area contributed by atoms with E-state index in [1.165, 1.54) is 77.5 Å². The van der Waals surface area contributed by atoms with E-state index in [2.05, 4.69) is 10.2 Å². The van der Waals surface area contributed by atoms with E-state index in [1.54, 1.807) is 0 Å². The molecule has 2 aliphatic heterocycles. The summed E-state index contributed by atoms with van der Waals surface area (Å²) in [5, 5.41) is 3.63. The summed E-state index contributed by atoms with van der Waals surface area (Å²) in [6, 6.07) is 0. The molecule has 104 valence electrons. The van der Waals surface area contributed by atoms with Gasteiger partial charge in [-0.3, -0.25) is 4.90 Å². The van der Waals surface area contributed by atoms with Crippen molar-refractivity contribution < 1.29 is 4.74 Å². The summed E-state index contributed by atoms with van der Waals surface area (Å²) in [6.45, 7) is 5.89. The van der Waals surface area contributed by atoms with Crippen LogP contribution in [0.15, 0.2) is 0 Å². The summed E-state index contributed by atoms with van der Waals surface area (Å²) in [5.41, 5.74) is 0.495. The van der Waals surface area contributed by atoms with Crippen LogP contribution in [-0.4, -0.2) is 49.3 Å². The Kier molecular flexibility index (Phi) is 4.22. The lowest BCUT2D eigenvalue weighted by Gasteiger charge is -2.50. The summed E-state index contributed by atoms with van der Waals surface area (Å²) < 4.78 is 5.78. The molecule has 1 aliphatic carbocycles. The molecule has 3 fully saturated rings. The van der Waals surface area contributed by atoms with Gasteiger partial charge < -0.3 is 10.1 Å². The molecule has 0 aromatic rings. The fourth-order valence-electron chi connectivity index (χ4n) is 4.11. The average molecular weight is 252 g/mol. The van der Waals surface area contributed by atoms with Crippen LogP contribution in [0.3, 0.4) is 0 Å². The molecule has 18 heavy (non-hydrogen) atoms. The number of nitrogens with one attached hydrogen (secondary N) is 1. The van der Waals surface area contributed by atoms with Crippen LogP contribution in [0.4, 0.5) is 0 Å². The van der Waals surface area contributed by atoms with E-state index in [0.29, 0.717) is 11.6 Å². The molecule has 1 N–H and O–H groups in total. The fraction of sp³-hybridized carbons (Fsp3) is 1.00. The first-order chi connectivity index (χ1) is 8.89. The van der Waals surface area contributed by atoms with E-state index < -0.39 is 0 Å². The Morgan fingerprint density at radius 2 is 2.06 bits per heavy atom. The van der Waals surface area contributed by atoms with Crippen molar-refractivity contribution in [1.29, 1.82) is 0 Å². The first kappa shape index (κ1) is 12.9. The molecular weight excluding hydrogens is 224 g/mol. The monoisotopic (exact) mass is 252 g/mol. The van der Waals surface area contributed by atoms with Crippen LogP contribution in [-0.2, 0) is 4.74 Å². The minimum absolute atomic E-state index is 0.495. The number of hydrogen-bond acceptors (Lipinski definition) is 3. The largest absolute Gasteiger partial charge is 0.378 e. The van der Waals surface area contributed by atoms with Crippen molar-refractivity contribution in [1.82, 2.24) is 10.2 Å². The van der Waals surface area contributed by atoms with Gasteiger partial charge in [0, 0.05) is 38.3 Å². The maximum absolute atomic E-state index is 5.78. The van der Waals surface area contributed by atoms with E-state index in [9.17, 15) is 0 Å². The molecule has 3 heteroatoms. The third-order valence-electron chi connectivity index (χ3n) is 5.21. The second kappa shape index (κ2) is 5.89. The molecule has 0 aromatic carbocycles. The molecule has 0 amide bonds. The molecule has 3 rings (SSSR count). The van der Waals surface area contributed by atoms with Crippen LogP contribution in [0.2, 0.25) is 0 Å². The molecular formula is C15H28N2O. The highest BCUT2D eigenvalue weighted by Crippen LogP contribution is 2.35. The number of ether oxygens (including phenoxy) is 1. The normalized spacial score (nSPS) is 33.0. The van der Waals surface area contributed by atoms with E-state index in [4.69, 9.17) is 4.74 Å². The molecule has 2 saturated heterocycles. The zero-order valence-corrected chi connectivity index (χ0v) is 11.6. The van der Waals surface area contributed by atoms with Gasteiger partial charge in [0.25, 0.3) is 0 Å². The van der Waals surface area contributed by atoms with Crippen molar-refractivity contribution >= 4 is 0 Å². The van der Waals surface area contributed by atoms with Gasteiger partial charge in [0.05, 0.1) is 6.10 Å². The standard InChI is InChI=1S/C15H28N2O/c1-2-7-15(8-3-1)13-16-9-11-17(15)10-6-14-5-4-12-18-14/h14,16H,1-13H2. The second-order valence-electron chi connectivity index (χ2n) is 6.37. The summed E-state index contributed by atoms with van der Waals surface area (Å²) in [5.74, 6) is 0. The van der Waals surface area contributed by atoms with Gasteiger partial charge in [-0.25, -0.2) is 0 Å². The quantitative estimate of drug-likeness (QED) is 0.833. The fourth-order valence-corrected chi connectivity index (χ4v) is 4.11. The van der Waals surface area contributed by atoms with Crippen LogP contribution in [0.5, 0.6) is 0 Å². The van der Waals surface area contributed by atoms with Crippen LogP contribution in [0.25, 0.3) is 0 Å². The molecule has 0 aromatic heterocycles. The number of hydrogen-bond donors (Lipinski definition) is 1. The Labute approximate surface area is 111 Å². The Balaban J connectivity index is 1.56. The van der Waals surface area contributed by atoms with Crippen LogP contribution >= 0.6 is 0 Å². The van der Waals surface area contributed by atoms with Crippen molar-refractivity contribution in [2.75, 3.05) is 32.8 Å². The molecule has 3 nitrogen and oxygen atoms in total. The lowest BCUT2D eigenvalue weighted by Crippen LogP contribution is -2.62. The molecule has 1 atom stereocenters. The lowest BCUT2D eigenvalue weighted by molar-refractivity contribution is 0.0116. The maximum atomic E-state index is 5.78. The van der Waals surface area contributed by atoms with Crippen LogP contribution in [0.1, 0.15) is 51.4 Å². The highest BCUT2D eigenvalue weighted by Gasteiger charge is 2.39. The van der Waals surface area contributed by atoms with Crippen LogP contribution < -0.4 is 5.32 Å². The van der Waals surface area contributed by atoms with Gasteiger partial charge in [0.15, 0.2) is 0 Å². The average Bonchev–Trinajstić information content (AvgIpc) is 2.92. The van der Waals surface area contributed by atoms with Crippen molar-refractivity contribution in [2.24, 2.45) is 0 Å². The molecule has 1 spiro atoms. The highest BCUT2D eigenvalue weighted by atomic mass is 16.5. The topological polar surface area (TPSA) is 24.5 Å². The van der Waals surface area contributed by atoms with Gasteiger partial charge in [-0.2, -0.15) is 0 Å². The van der Waals surface area contributed by atoms with E-state index in [-0.39, 0.29) is 0 Å². The summed E-state index contributed by atoms with van der Waals surface area (Å²) in [6.07, 6.45) is 11.5. The predicted molar refractivity (Wildman–Crippen MR) is 73.8 cm³/mol. The van der Waals surface area contributed by atoms with Crippen molar-refractivity contribution in [2.45, 2.75) is 63.0 Å². The number of nitrogens with zero attached hydrogens (tertiary/aromatic N) is 1. The van der Waals surface area contributed by atoms with Crippen molar-refractivity contribution in [3.8, 4) is 0 Å². The Morgan fingerprint density at radius 1 is 1.17 bits per heavy atom. The van der Waals surface area contributed by atoms with Gasteiger partial charge in [-0.1, -0.05) is 19.3 Å². The molecule has 0 bridgehead atoms. The zero-order chi connectivity index (χ0) is 12.3. The van der Waals surface area contributed by atoms with Gasteiger partial charge >= 0.3 is 0 Å². The summed E-state index contributed by atoms with van der Waals surface area (Å²) in [7, 11) is 0. The van der Waals surface area contributed by atoms with Crippen molar-refractivity contribution in [3.05, 3.63) is 0 Å². The third kappa shape index (κ3) is 2.73. The smallest absolute Gasteiger partial charge is 0.0588 e. The molecule has 0 radical (unpaired) electrons. The van der Waals surface area contributed by atoms with Gasteiger partial charge in [-0.15, -0.1) is 0 Å². The van der Waals surface area contributed by atoms with Gasteiger partial charge in [0.1, 0.15) is 0 Å². The molecule has 1 unspecified atom stereocenters. The second-order valence-corrected chi connectivity index (χ2v) is 6.37. The van der Waals surface area contributed by atoms with Gasteiger partial charge in [0.2, 0.25) is 0 Å². The predicted octanol–water partition coefficient (Wildman–Crippen LogP) is 2.16.